The summed E-state index contributed by atoms with van der Waals surface area (Å²) in [6, 6.07) is 9.78. The van der Waals surface area contributed by atoms with Gasteiger partial charge in [-0.1, -0.05) is 39.8 Å². The van der Waals surface area contributed by atoms with Crippen LogP contribution in [0.5, 0.6) is 11.5 Å². The van der Waals surface area contributed by atoms with E-state index in [4.69, 9.17) is 0 Å². The summed E-state index contributed by atoms with van der Waals surface area (Å²) in [6.07, 6.45) is 2.92. The van der Waals surface area contributed by atoms with Gasteiger partial charge in [0.2, 0.25) is 0 Å². The molecule has 2 heteroatoms. The van der Waals surface area contributed by atoms with Gasteiger partial charge >= 0.3 is 0 Å². The second-order valence-corrected chi connectivity index (χ2v) is 7.51. The van der Waals surface area contributed by atoms with Gasteiger partial charge < -0.3 is 10.2 Å². The van der Waals surface area contributed by atoms with E-state index in [1.54, 1.807) is 6.07 Å². The Kier molecular flexibility index (Phi) is 5.08. The molecule has 0 atom stereocenters. The van der Waals surface area contributed by atoms with Gasteiger partial charge in [-0.05, 0) is 77.8 Å². The van der Waals surface area contributed by atoms with E-state index in [1.165, 1.54) is 0 Å². The molecule has 0 saturated heterocycles. The number of allylic oxidation sites excluding steroid dienone is 1. The van der Waals surface area contributed by atoms with Crippen molar-refractivity contribution in [3.63, 3.8) is 0 Å². The largest absolute Gasteiger partial charge is 0.508 e. The van der Waals surface area contributed by atoms with Crippen LogP contribution in [0.2, 0.25) is 0 Å². The third-order valence-electron chi connectivity index (χ3n) is 4.44. The lowest BCUT2D eigenvalue weighted by Gasteiger charge is -2.23. The second kappa shape index (κ2) is 6.72. The first-order valence-electron chi connectivity index (χ1n) is 8.48. The highest BCUT2D eigenvalue weighted by Crippen LogP contribution is 2.36. The van der Waals surface area contributed by atoms with Gasteiger partial charge in [-0.3, -0.25) is 0 Å². The molecule has 0 aliphatic rings. The average Bonchev–Trinajstić information content (AvgIpc) is 2.50. The fourth-order valence-electron chi connectivity index (χ4n) is 2.87. The third-order valence-corrected chi connectivity index (χ3v) is 4.44. The molecular weight excluding hydrogens is 296 g/mol. The van der Waals surface area contributed by atoms with Crippen LogP contribution in [0.1, 0.15) is 62.4 Å². The molecule has 0 heterocycles. The summed E-state index contributed by atoms with van der Waals surface area (Å²) < 4.78 is 0. The Balaban J connectivity index is 2.54. The minimum Gasteiger partial charge on any atom is -0.508 e. The molecule has 0 amide bonds. The molecule has 2 aromatic rings. The van der Waals surface area contributed by atoms with Crippen LogP contribution in [0.4, 0.5) is 0 Å². The van der Waals surface area contributed by atoms with Gasteiger partial charge in [0.15, 0.2) is 0 Å². The zero-order valence-corrected chi connectivity index (χ0v) is 15.6. The maximum absolute atomic E-state index is 10.5. The highest BCUT2D eigenvalue weighted by atomic mass is 16.3. The predicted octanol–water partition coefficient (Wildman–Crippen LogP) is 5.83. The van der Waals surface area contributed by atoms with Crippen LogP contribution in [0.3, 0.4) is 0 Å². The number of benzene rings is 2. The summed E-state index contributed by atoms with van der Waals surface area (Å²) in [4.78, 5) is 0. The van der Waals surface area contributed by atoms with E-state index in [0.29, 0.717) is 11.5 Å². The highest BCUT2D eigenvalue weighted by molar-refractivity contribution is 5.81. The van der Waals surface area contributed by atoms with E-state index in [0.717, 1.165) is 39.8 Å². The molecule has 0 spiro atoms. The standard InChI is InChI=1S/C22H28O2/c1-7-17-12-18(13-19(21(17)24)22(4,5)6)14(2)10-16-8-9-20(23)15(3)11-16/h8-13,23-24H,7H2,1-6H3. The van der Waals surface area contributed by atoms with Crippen molar-refractivity contribution >= 4 is 11.6 Å². The Hall–Kier alpha value is -2.22. The summed E-state index contributed by atoms with van der Waals surface area (Å²) in [6.45, 7) is 12.4. The van der Waals surface area contributed by atoms with Crippen LogP contribution in [0.25, 0.3) is 11.6 Å². The first-order chi connectivity index (χ1) is 11.1. The molecule has 0 aliphatic carbocycles. The topological polar surface area (TPSA) is 40.5 Å². The Morgan fingerprint density at radius 3 is 2.29 bits per heavy atom. The Labute approximate surface area is 145 Å². The van der Waals surface area contributed by atoms with E-state index < -0.39 is 0 Å². The fraction of sp³-hybridized carbons (Fsp3) is 0.364. The van der Waals surface area contributed by atoms with E-state index in [2.05, 4.69) is 52.8 Å². The number of aromatic hydroxyl groups is 2. The van der Waals surface area contributed by atoms with E-state index >= 15 is 0 Å². The maximum Gasteiger partial charge on any atom is 0.122 e. The number of phenols is 2. The monoisotopic (exact) mass is 324 g/mol. The summed E-state index contributed by atoms with van der Waals surface area (Å²) in [7, 11) is 0. The van der Waals surface area contributed by atoms with Crippen molar-refractivity contribution < 1.29 is 10.2 Å². The second-order valence-electron chi connectivity index (χ2n) is 7.51. The number of hydrogen-bond donors (Lipinski definition) is 2. The normalized spacial score (nSPS) is 12.5. The molecule has 0 fully saturated rings. The molecule has 128 valence electrons. The van der Waals surface area contributed by atoms with Gasteiger partial charge in [-0.25, -0.2) is 0 Å². The average molecular weight is 324 g/mol. The summed E-state index contributed by atoms with van der Waals surface area (Å²) in [5.41, 5.74) is 6.04. The van der Waals surface area contributed by atoms with Crippen LogP contribution >= 0.6 is 0 Å². The van der Waals surface area contributed by atoms with E-state index in [-0.39, 0.29) is 5.41 Å². The molecule has 0 unspecified atom stereocenters. The van der Waals surface area contributed by atoms with Crippen LogP contribution in [0, 0.1) is 6.92 Å². The van der Waals surface area contributed by atoms with Crippen LogP contribution < -0.4 is 0 Å². The van der Waals surface area contributed by atoms with Gasteiger partial charge in [0.05, 0.1) is 0 Å². The van der Waals surface area contributed by atoms with Crippen molar-refractivity contribution in [1.29, 1.82) is 0 Å². The zero-order valence-electron chi connectivity index (χ0n) is 15.6. The Morgan fingerprint density at radius 1 is 1.08 bits per heavy atom. The van der Waals surface area contributed by atoms with Gasteiger partial charge in [0, 0.05) is 5.56 Å². The smallest absolute Gasteiger partial charge is 0.122 e. The highest BCUT2D eigenvalue weighted by Gasteiger charge is 2.21. The SMILES string of the molecule is CCc1cc(C(C)=Cc2ccc(O)c(C)c2)cc(C(C)(C)C)c1O. The quantitative estimate of drug-likeness (QED) is 0.698. The van der Waals surface area contributed by atoms with Crippen LogP contribution in [-0.2, 0) is 11.8 Å². The van der Waals surface area contributed by atoms with Crippen molar-refractivity contribution in [2.75, 3.05) is 0 Å². The van der Waals surface area contributed by atoms with Crippen molar-refractivity contribution in [2.24, 2.45) is 0 Å². The summed E-state index contributed by atoms with van der Waals surface area (Å²) in [5, 5.41) is 20.2. The molecule has 2 aromatic carbocycles. The van der Waals surface area contributed by atoms with Gasteiger partial charge in [0.1, 0.15) is 11.5 Å². The van der Waals surface area contributed by atoms with Gasteiger partial charge in [0.25, 0.3) is 0 Å². The third kappa shape index (κ3) is 3.81. The molecule has 0 aliphatic heterocycles. The number of aryl methyl sites for hydroxylation is 2. The lowest BCUT2D eigenvalue weighted by Crippen LogP contribution is -2.12. The van der Waals surface area contributed by atoms with Crippen LogP contribution in [-0.4, -0.2) is 10.2 Å². The van der Waals surface area contributed by atoms with Crippen molar-refractivity contribution in [3.8, 4) is 11.5 Å². The van der Waals surface area contributed by atoms with Crippen molar-refractivity contribution in [3.05, 3.63) is 58.1 Å². The number of rotatable bonds is 3. The minimum absolute atomic E-state index is 0.112. The van der Waals surface area contributed by atoms with Crippen molar-refractivity contribution in [2.45, 2.75) is 53.4 Å². The van der Waals surface area contributed by atoms with Crippen LogP contribution in [0.15, 0.2) is 30.3 Å². The van der Waals surface area contributed by atoms with Gasteiger partial charge in [-0.2, -0.15) is 0 Å². The van der Waals surface area contributed by atoms with Gasteiger partial charge in [-0.15, -0.1) is 0 Å². The molecule has 24 heavy (non-hydrogen) atoms. The number of phenolic OH excluding ortho intramolecular Hbond substituents is 2. The first kappa shape index (κ1) is 18.1. The molecule has 0 radical (unpaired) electrons. The molecule has 0 saturated carbocycles. The molecule has 2 rings (SSSR count). The Morgan fingerprint density at radius 2 is 1.75 bits per heavy atom. The lowest BCUT2D eigenvalue weighted by molar-refractivity contribution is 0.441. The predicted molar refractivity (Wildman–Crippen MR) is 103 cm³/mol. The molecule has 0 aromatic heterocycles. The van der Waals surface area contributed by atoms with Crippen molar-refractivity contribution in [1.82, 2.24) is 0 Å². The molecule has 0 bridgehead atoms. The van der Waals surface area contributed by atoms with E-state index in [1.807, 2.05) is 19.1 Å². The Bertz CT molecular complexity index is 777. The minimum atomic E-state index is -0.112. The fourth-order valence-corrected chi connectivity index (χ4v) is 2.87. The molecular formula is C22H28O2. The first-order valence-corrected chi connectivity index (χ1v) is 8.48. The number of hydrogen-bond acceptors (Lipinski definition) is 2. The maximum atomic E-state index is 10.5. The molecule has 2 nitrogen and oxygen atoms in total. The summed E-state index contributed by atoms with van der Waals surface area (Å²) >= 11 is 0. The lowest BCUT2D eigenvalue weighted by atomic mass is 9.82. The summed E-state index contributed by atoms with van der Waals surface area (Å²) in [5.74, 6) is 0.736. The molecule has 2 N–H and O–H groups in total. The van der Waals surface area contributed by atoms with E-state index in [9.17, 15) is 10.2 Å². The zero-order chi connectivity index (χ0) is 18.1.